The lowest BCUT2D eigenvalue weighted by molar-refractivity contribution is -0.147. The first-order valence-corrected chi connectivity index (χ1v) is 13.1. The van der Waals surface area contributed by atoms with Crippen molar-refractivity contribution in [3.63, 3.8) is 0 Å². The van der Waals surface area contributed by atoms with Gasteiger partial charge in [-0.15, -0.1) is 0 Å². The molecular weight excluding hydrogens is 430 g/mol. The zero-order valence-electron chi connectivity index (χ0n) is 21.5. The zero-order chi connectivity index (χ0) is 25.0. The van der Waals surface area contributed by atoms with E-state index in [-0.39, 0.29) is 12.5 Å². The van der Waals surface area contributed by atoms with Crippen LogP contribution in [0.5, 0.6) is 0 Å². The van der Waals surface area contributed by atoms with Gasteiger partial charge in [0.05, 0.1) is 30.8 Å². The number of carbonyl (C=O) groups is 1. The van der Waals surface area contributed by atoms with Crippen LogP contribution in [-0.2, 0) is 14.3 Å². The van der Waals surface area contributed by atoms with E-state index >= 15 is 0 Å². The van der Waals surface area contributed by atoms with Gasteiger partial charge in [-0.2, -0.15) is 0 Å². The highest BCUT2D eigenvalue weighted by molar-refractivity contribution is 5.67. The Hall–Kier alpha value is -1.47. The Kier molecular flexibility index (Phi) is 9.56. The van der Waals surface area contributed by atoms with Crippen LogP contribution < -0.4 is 5.73 Å². The molecule has 3 rings (SSSR count). The van der Waals surface area contributed by atoms with Gasteiger partial charge in [-0.25, -0.2) is 0 Å². The second-order valence-corrected chi connectivity index (χ2v) is 10.9. The van der Waals surface area contributed by atoms with Crippen LogP contribution in [0, 0.1) is 29.6 Å². The molecule has 6 nitrogen and oxygen atoms in total. The average molecular weight is 476 g/mol. The molecule has 11 atom stereocenters. The molecule has 2 aliphatic heterocycles. The Labute approximate surface area is 205 Å². The van der Waals surface area contributed by atoms with E-state index in [0.29, 0.717) is 42.1 Å². The SMILES string of the molecule is CC[C@H]1O[C@@H](/C(C)=C/[C@H](C)/C=C/[C@H]2[C@@H](C)[C@@H]2/C=C/[C@@H]2O[C@H](CC(=O)O)C[C@H](N)[C@H]2O)CC[C@H]1C. The molecule has 0 amide bonds. The maximum absolute atomic E-state index is 11.0. The first-order chi connectivity index (χ1) is 16.1. The smallest absolute Gasteiger partial charge is 0.305 e. The predicted molar refractivity (Wildman–Crippen MR) is 134 cm³/mol. The molecule has 0 radical (unpaired) electrons. The van der Waals surface area contributed by atoms with Crippen LogP contribution in [0.15, 0.2) is 36.0 Å². The summed E-state index contributed by atoms with van der Waals surface area (Å²) in [6.45, 7) is 11.1. The number of aliphatic hydroxyl groups excluding tert-OH is 1. The number of hydrogen-bond donors (Lipinski definition) is 3. The fourth-order valence-electron chi connectivity index (χ4n) is 5.63. The molecular formula is C28H45NO5. The highest BCUT2D eigenvalue weighted by atomic mass is 16.5. The monoisotopic (exact) mass is 475 g/mol. The standard InChI is InChI=1S/C28H45NO5/c1-6-24-17(3)8-11-25(34-24)18(4)13-16(2)7-9-21-19(5)22(21)10-12-26-28(32)23(29)14-20(33-26)15-27(30)31/h7,9-10,12-13,16-17,19-26,28,32H,6,8,11,14-15,29H2,1-5H3,(H,30,31)/b9-7+,12-10+,18-13+/t16-,17-,19-,20+,21+,22+,23+,24-,25-,26+,28-/m1/s1. The molecule has 4 N–H and O–H groups in total. The molecule has 0 unspecified atom stereocenters. The molecule has 0 aromatic rings. The molecule has 0 bridgehead atoms. The van der Waals surface area contributed by atoms with Crippen molar-refractivity contribution < 1.29 is 24.5 Å². The van der Waals surface area contributed by atoms with Gasteiger partial charge in [0.25, 0.3) is 0 Å². The highest BCUT2D eigenvalue weighted by Crippen LogP contribution is 2.48. The van der Waals surface area contributed by atoms with Gasteiger partial charge in [-0.3, -0.25) is 4.79 Å². The summed E-state index contributed by atoms with van der Waals surface area (Å²) >= 11 is 0. The normalized spacial score (nSPS) is 42.3. The number of carboxylic acid groups (broad SMARTS) is 1. The average Bonchev–Trinajstić information content (AvgIpc) is 3.40. The van der Waals surface area contributed by atoms with Crippen LogP contribution in [0.1, 0.15) is 66.7 Å². The number of rotatable bonds is 9. The third-order valence-corrected chi connectivity index (χ3v) is 8.03. The summed E-state index contributed by atoms with van der Waals surface area (Å²) in [4.78, 5) is 11.0. The summed E-state index contributed by atoms with van der Waals surface area (Å²) in [5, 5.41) is 19.4. The third kappa shape index (κ3) is 7.03. The summed E-state index contributed by atoms with van der Waals surface area (Å²) in [6.07, 6.45) is 13.4. The van der Waals surface area contributed by atoms with Crippen molar-refractivity contribution in [3.05, 3.63) is 36.0 Å². The van der Waals surface area contributed by atoms with Gasteiger partial charge in [-0.05, 0) is 67.8 Å². The number of nitrogens with two attached hydrogens (primary N) is 1. The summed E-state index contributed by atoms with van der Waals surface area (Å²) in [7, 11) is 0. The van der Waals surface area contributed by atoms with Gasteiger partial charge in [0.2, 0.25) is 0 Å². The van der Waals surface area contributed by atoms with Crippen molar-refractivity contribution in [1.29, 1.82) is 0 Å². The van der Waals surface area contributed by atoms with Crippen molar-refractivity contribution in [1.82, 2.24) is 0 Å². The third-order valence-electron chi connectivity index (χ3n) is 8.03. The fourth-order valence-corrected chi connectivity index (χ4v) is 5.63. The summed E-state index contributed by atoms with van der Waals surface area (Å²) in [6, 6.07) is -0.472. The zero-order valence-corrected chi connectivity index (χ0v) is 21.5. The Balaban J connectivity index is 1.52. The maximum atomic E-state index is 11.0. The molecule has 0 aromatic carbocycles. The fraction of sp³-hybridized carbons (Fsp3) is 0.750. The van der Waals surface area contributed by atoms with Crippen LogP contribution in [0.4, 0.5) is 0 Å². The van der Waals surface area contributed by atoms with Crippen LogP contribution in [0.3, 0.4) is 0 Å². The number of hydrogen-bond acceptors (Lipinski definition) is 5. The molecule has 1 saturated carbocycles. The molecule has 0 aromatic heterocycles. The van der Waals surface area contributed by atoms with Gasteiger partial charge in [0.15, 0.2) is 0 Å². The van der Waals surface area contributed by atoms with Crippen molar-refractivity contribution in [2.24, 2.45) is 35.3 Å². The number of aliphatic carboxylic acids is 1. The minimum atomic E-state index is -0.912. The maximum Gasteiger partial charge on any atom is 0.305 e. The van der Waals surface area contributed by atoms with Crippen LogP contribution >= 0.6 is 0 Å². The quantitative estimate of drug-likeness (QED) is 0.425. The molecule has 2 heterocycles. The van der Waals surface area contributed by atoms with Crippen molar-refractivity contribution in [3.8, 4) is 0 Å². The van der Waals surface area contributed by atoms with Gasteiger partial charge in [-0.1, -0.05) is 58.1 Å². The predicted octanol–water partition coefficient (Wildman–Crippen LogP) is 4.48. The Bertz CT molecular complexity index is 777. The van der Waals surface area contributed by atoms with Gasteiger partial charge in [0, 0.05) is 6.04 Å². The second kappa shape index (κ2) is 12.0. The van der Waals surface area contributed by atoms with Crippen molar-refractivity contribution >= 4 is 5.97 Å². The van der Waals surface area contributed by atoms with E-state index < -0.39 is 30.3 Å². The molecule has 2 saturated heterocycles. The number of carboxylic acids is 1. The Morgan fingerprint density at radius 2 is 1.85 bits per heavy atom. The van der Waals surface area contributed by atoms with Crippen molar-refractivity contribution in [2.75, 3.05) is 0 Å². The second-order valence-electron chi connectivity index (χ2n) is 10.9. The minimum absolute atomic E-state index is 0.0925. The van der Waals surface area contributed by atoms with E-state index in [1.165, 1.54) is 12.0 Å². The molecule has 1 aliphatic carbocycles. The number of aliphatic hydroxyl groups is 1. The minimum Gasteiger partial charge on any atom is -0.481 e. The lowest BCUT2D eigenvalue weighted by Crippen LogP contribution is -2.51. The Morgan fingerprint density at radius 1 is 1.15 bits per heavy atom. The lowest BCUT2D eigenvalue weighted by Gasteiger charge is -2.36. The molecule has 192 valence electrons. The molecule has 34 heavy (non-hydrogen) atoms. The van der Waals surface area contributed by atoms with Gasteiger partial charge < -0.3 is 25.4 Å². The molecule has 0 spiro atoms. The van der Waals surface area contributed by atoms with Crippen LogP contribution in [-0.4, -0.2) is 52.7 Å². The number of allylic oxidation sites excluding steroid dienone is 4. The van der Waals surface area contributed by atoms with E-state index in [9.17, 15) is 9.90 Å². The van der Waals surface area contributed by atoms with Crippen LogP contribution in [0.2, 0.25) is 0 Å². The van der Waals surface area contributed by atoms with E-state index in [1.54, 1.807) is 0 Å². The summed E-state index contributed by atoms with van der Waals surface area (Å²) in [5.41, 5.74) is 7.36. The summed E-state index contributed by atoms with van der Waals surface area (Å²) in [5.74, 6) is 1.47. The lowest BCUT2D eigenvalue weighted by atomic mass is 9.89. The van der Waals surface area contributed by atoms with E-state index in [4.69, 9.17) is 20.3 Å². The van der Waals surface area contributed by atoms with E-state index in [0.717, 1.165) is 12.8 Å². The molecule has 3 fully saturated rings. The van der Waals surface area contributed by atoms with Crippen LogP contribution in [0.25, 0.3) is 0 Å². The largest absolute Gasteiger partial charge is 0.481 e. The first-order valence-electron chi connectivity index (χ1n) is 13.1. The highest BCUT2D eigenvalue weighted by Gasteiger charge is 2.43. The molecule has 3 aliphatic rings. The van der Waals surface area contributed by atoms with Gasteiger partial charge >= 0.3 is 5.97 Å². The summed E-state index contributed by atoms with van der Waals surface area (Å²) < 4.78 is 12.2. The molecule has 6 heteroatoms. The van der Waals surface area contributed by atoms with E-state index in [2.05, 4.69) is 58.9 Å². The van der Waals surface area contributed by atoms with Gasteiger partial charge in [0.1, 0.15) is 6.10 Å². The Morgan fingerprint density at radius 3 is 2.53 bits per heavy atom. The first kappa shape index (κ1) is 27.1. The van der Waals surface area contributed by atoms with Crippen molar-refractivity contribution in [2.45, 2.75) is 103 Å². The number of ether oxygens (including phenoxy) is 2. The topological polar surface area (TPSA) is 102 Å². The van der Waals surface area contributed by atoms with E-state index in [1.807, 2.05) is 6.08 Å².